The fourth-order valence-corrected chi connectivity index (χ4v) is 1.89. The van der Waals surface area contributed by atoms with Gasteiger partial charge in [0.2, 0.25) is 0 Å². The van der Waals surface area contributed by atoms with Crippen LogP contribution in [-0.2, 0) is 6.54 Å². The van der Waals surface area contributed by atoms with Gasteiger partial charge in [-0.15, -0.1) is 0 Å². The smallest absolute Gasteiger partial charge is 0.104 e. The average molecular weight is 247 g/mol. The van der Waals surface area contributed by atoms with Gasteiger partial charge in [0, 0.05) is 12.1 Å². The third kappa shape index (κ3) is 2.54. The molecule has 4 heteroatoms. The van der Waals surface area contributed by atoms with E-state index >= 15 is 0 Å². The number of hydrogen-bond acceptors (Lipinski definition) is 3. The maximum absolute atomic E-state index is 9.36. The molecule has 0 saturated carbocycles. The summed E-state index contributed by atoms with van der Waals surface area (Å²) in [5.74, 6) is 0.936. The molecule has 0 radical (unpaired) electrons. The Morgan fingerprint density at radius 3 is 2.78 bits per heavy atom. The first-order valence-corrected chi connectivity index (χ1v) is 6.20. The number of hydrogen-bond donors (Lipinski definition) is 2. The zero-order chi connectivity index (χ0) is 13.3. The second-order valence-corrected chi connectivity index (χ2v) is 5.50. The van der Waals surface area contributed by atoms with Crippen molar-refractivity contribution in [1.29, 1.82) is 0 Å². The number of aliphatic hydroxyl groups excluding tert-OH is 1. The van der Waals surface area contributed by atoms with Crippen molar-refractivity contribution in [1.82, 2.24) is 14.9 Å². The summed E-state index contributed by atoms with van der Waals surface area (Å²) >= 11 is 0. The number of rotatable bonds is 4. The lowest BCUT2D eigenvalue weighted by molar-refractivity contribution is 0.0734. The van der Waals surface area contributed by atoms with E-state index in [9.17, 15) is 5.11 Å². The lowest BCUT2D eigenvalue weighted by Gasteiger charge is -2.33. The first-order chi connectivity index (χ1) is 8.42. The molecule has 0 fully saturated rings. The number of nitrogens with one attached hydrogen (secondary N) is 1. The predicted molar refractivity (Wildman–Crippen MR) is 73.5 cm³/mol. The van der Waals surface area contributed by atoms with Crippen LogP contribution in [0.5, 0.6) is 0 Å². The minimum absolute atomic E-state index is 0.148. The Balaban J connectivity index is 2.21. The van der Waals surface area contributed by atoms with Crippen molar-refractivity contribution in [3.8, 4) is 0 Å². The molecule has 2 rings (SSSR count). The molecule has 0 atom stereocenters. The number of aryl methyl sites for hydroxylation is 1. The number of likely N-dealkylation sites (N-methyl/N-ethyl adjacent to an activating group) is 1. The molecular weight excluding hydrogens is 226 g/mol. The SMILES string of the molecule is Cc1nc2ccc(CN(C)C(C)(C)CO)cc2[nH]1. The molecule has 1 aromatic carbocycles. The fourth-order valence-electron chi connectivity index (χ4n) is 1.89. The van der Waals surface area contributed by atoms with Gasteiger partial charge in [-0.25, -0.2) is 4.98 Å². The van der Waals surface area contributed by atoms with E-state index in [0.29, 0.717) is 0 Å². The van der Waals surface area contributed by atoms with E-state index in [1.54, 1.807) is 0 Å². The summed E-state index contributed by atoms with van der Waals surface area (Å²) in [5, 5.41) is 9.36. The summed E-state index contributed by atoms with van der Waals surface area (Å²) < 4.78 is 0. The molecule has 0 unspecified atom stereocenters. The number of H-pyrrole nitrogens is 1. The quantitative estimate of drug-likeness (QED) is 0.869. The van der Waals surface area contributed by atoms with Gasteiger partial charge in [0.1, 0.15) is 5.82 Å². The van der Waals surface area contributed by atoms with Gasteiger partial charge in [-0.2, -0.15) is 0 Å². The number of aliphatic hydroxyl groups is 1. The van der Waals surface area contributed by atoms with Gasteiger partial charge in [0.25, 0.3) is 0 Å². The maximum Gasteiger partial charge on any atom is 0.104 e. The minimum Gasteiger partial charge on any atom is -0.394 e. The average Bonchev–Trinajstić information content (AvgIpc) is 2.68. The fraction of sp³-hybridized carbons (Fsp3) is 0.500. The van der Waals surface area contributed by atoms with Gasteiger partial charge in [0.05, 0.1) is 17.6 Å². The van der Waals surface area contributed by atoms with Crippen LogP contribution in [0.3, 0.4) is 0 Å². The van der Waals surface area contributed by atoms with Gasteiger partial charge >= 0.3 is 0 Å². The standard InChI is InChI=1S/C14H21N3O/c1-10-15-12-6-5-11(7-13(12)16-10)8-17(4)14(2,3)9-18/h5-7,18H,8-9H2,1-4H3,(H,15,16). The lowest BCUT2D eigenvalue weighted by Crippen LogP contribution is -2.43. The van der Waals surface area contributed by atoms with Crippen LogP contribution in [0.15, 0.2) is 18.2 Å². The van der Waals surface area contributed by atoms with E-state index in [4.69, 9.17) is 0 Å². The Bertz CT molecular complexity index is 545. The predicted octanol–water partition coefficient (Wildman–Crippen LogP) is 2.07. The molecule has 18 heavy (non-hydrogen) atoms. The Hall–Kier alpha value is -1.39. The first-order valence-electron chi connectivity index (χ1n) is 6.20. The van der Waals surface area contributed by atoms with Crippen LogP contribution in [0.25, 0.3) is 11.0 Å². The van der Waals surface area contributed by atoms with Crippen LogP contribution < -0.4 is 0 Å². The van der Waals surface area contributed by atoms with Crippen LogP contribution in [0, 0.1) is 6.92 Å². The largest absolute Gasteiger partial charge is 0.394 e. The van der Waals surface area contributed by atoms with Gasteiger partial charge in [0.15, 0.2) is 0 Å². The third-order valence-corrected chi connectivity index (χ3v) is 3.50. The van der Waals surface area contributed by atoms with Crippen molar-refractivity contribution >= 4 is 11.0 Å². The Morgan fingerprint density at radius 2 is 2.11 bits per heavy atom. The highest BCUT2D eigenvalue weighted by Crippen LogP contribution is 2.18. The zero-order valence-corrected chi connectivity index (χ0v) is 11.5. The summed E-state index contributed by atoms with van der Waals surface area (Å²) in [7, 11) is 2.03. The van der Waals surface area contributed by atoms with Crippen molar-refractivity contribution < 1.29 is 5.11 Å². The monoisotopic (exact) mass is 247 g/mol. The van der Waals surface area contributed by atoms with E-state index < -0.39 is 0 Å². The number of imidazole rings is 1. The van der Waals surface area contributed by atoms with Crippen molar-refractivity contribution in [2.24, 2.45) is 0 Å². The second-order valence-electron chi connectivity index (χ2n) is 5.50. The molecule has 0 amide bonds. The molecule has 1 heterocycles. The summed E-state index contributed by atoms with van der Waals surface area (Å²) in [4.78, 5) is 9.79. The molecule has 2 N–H and O–H groups in total. The second kappa shape index (κ2) is 4.71. The summed E-state index contributed by atoms with van der Waals surface area (Å²) in [5.41, 5.74) is 3.08. The van der Waals surface area contributed by atoms with Crippen LogP contribution in [0.2, 0.25) is 0 Å². The molecule has 0 aliphatic carbocycles. The molecule has 0 aliphatic rings. The summed E-state index contributed by atoms with van der Waals surface area (Å²) in [6.07, 6.45) is 0. The molecule has 1 aromatic heterocycles. The van der Waals surface area contributed by atoms with Gasteiger partial charge in [-0.1, -0.05) is 6.07 Å². The molecule has 4 nitrogen and oxygen atoms in total. The van der Waals surface area contributed by atoms with E-state index in [-0.39, 0.29) is 12.1 Å². The third-order valence-electron chi connectivity index (χ3n) is 3.50. The normalized spacial score (nSPS) is 12.6. The zero-order valence-electron chi connectivity index (χ0n) is 11.5. The minimum atomic E-state index is -0.209. The Morgan fingerprint density at radius 1 is 1.39 bits per heavy atom. The topological polar surface area (TPSA) is 52.1 Å². The summed E-state index contributed by atoms with van der Waals surface area (Å²) in [6, 6.07) is 6.25. The van der Waals surface area contributed by atoms with E-state index in [0.717, 1.165) is 23.4 Å². The highest BCUT2D eigenvalue weighted by molar-refractivity contribution is 5.75. The number of fused-ring (bicyclic) bond motifs is 1. The van der Waals surface area contributed by atoms with Crippen LogP contribution >= 0.6 is 0 Å². The van der Waals surface area contributed by atoms with Gasteiger partial charge < -0.3 is 10.1 Å². The molecule has 2 aromatic rings. The van der Waals surface area contributed by atoms with Gasteiger partial charge in [-0.3, -0.25) is 4.90 Å². The molecular formula is C14H21N3O. The number of nitrogens with zero attached hydrogens (tertiary/aromatic N) is 2. The molecule has 0 spiro atoms. The lowest BCUT2D eigenvalue weighted by atomic mass is 10.0. The number of benzene rings is 1. The van der Waals surface area contributed by atoms with Crippen LogP contribution in [0.4, 0.5) is 0 Å². The van der Waals surface area contributed by atoms with Gasteiger partial charge in [-0.05, 0) is 45.5 Å². The maximum atomic E-state index is 9.36. The van der Waals surface area contributed by atoms with E-state index in [2.05, 4.69) is 27.0 Å². The molecule has 0 saturated heterocycles. The summed E-state index contributed by atoms with van der Waals surface area (Å²) in [6.45, 7) is 6.98. The van der Waals surface area contributed by atoms with Crippen molar-refractivity contribution in [2.75, 3.05) is 13.7 Å². The van der Waals surface area contributed by atoms with Crippen molar-refractivity contribution in [3.63, 3.8) is 0 Å². The highest BCUT2D eigenvalue weighted by atomic mass is 16.3. The molecule has 98 valence electrons. The van der Waals surface area contributed by atoms with E-state index in [1.807, 2.05) is 33.9 Å². The molecule has 0 aliphatic heterocycles. The van der Waals surface area contributed by atoms with Crippen molar-refractivity contribution in [2.45, 2.75) is 32.9 Å². The Labute approximate surface area is 108 Å². The van der Waals surface area contributed by atoms with Crippen LogP contribution in [0.1, 0.15) is 25.2 Å². The Kier molecular flexibility index (Phi) is 3.41. The van der Waals surface area contributed by atoms with Crippen LogP contribution in [-0.4, -0.2) is 39.2 Å². The molecule has 0 bridgehead atoms. The first kappa shape index (κ1) is 13.1. The number of aromatic amines is 1. The highest BCUT2D eigenvalue weighted by Gasteiger charge is 2.22. The van der Waals surface area contributed by atoms with Crippen molar-refractivity contribution in [3.05, 3.63) is 29.6 Å². The van der Waals surface area contributed by atoms with E-state index in [1.165, 1.54) is 5.56 Å². The number of aromatic nitrogens is 2.